The SMILES string of the molecule is CN=C/C(=C\N)c1ccc(CNc2cc(-c3cnc4cc(OCC(C)(C)N5CCOCC5)ccn34)ncn2)cc1. The molecule has 3 N–H and O–H groups in total. The third kappa shape index (κ3) is 6.30. The van der Waals surface area contributed by atoms with Gasteiger partial charge < -0.3 is 20.5 Å². The van der Waals surface area contributed by atoms with Gasteiger partial charge in [-0.05, 0) is 31.0 Å². The van der Waals surface area contributed by atoms with Crippen molar-refractivity contribution in [2.75, 3.05) is 45.3 Å². The third-order valence-electron chi connectivity index (χ3n) is 7.08. The molecule has 4 heterocycles. The Morgan fingerprint density at radius 1 is 1.12 bits per heavy atom. The number of fused-ring (bicyclic) bond motifs is 1. The summed E-state index contributed by atoms with van der Waals surface area (Å²) in [6.07, 6.45) is 8.66. The van der Waals surface area contributed by atoms with E-state index in [-0.39, 0.29) is 5.54 Å². The fraction of sp³-hybridized carbons (Fsp3) is 0.333. The zero-order valence-electron chi connectivity index (χ0n) is 23.2. The van der Waals surface area contributed by atoms with Crippen LogP contribution in [0.4, 0.5) is 5.82 Å². The van der Waals surface area contributed by atoms with E-state index in [4.69, 9.17) is 15.2 Å². The highest BCUT2D eigenvalue weighted by Crippen LogP contribution is 2.25. The number of rotatable bonds is 10. The van der Waals surface area contributed by atoms with Gasteiger partial charge in [0.15, 0.2) is 0 Å². The van der Waals surface area contributed by atoms with E-state index in [0.717, 1.165) is 71.6 Å². The van der Waals surface area contributed by atoms with Crippen LogP contribution in [0.1, 0.15) is 25.0 Å². The predicted octanol–water partition coefficient (Wildman–Crippen LogP) is 3.89. The van der Waals surface area contributed by atoms with Crippen molar-refractivity contribution in [3.63, 3.8) is 0 Å². The van der Waals surface area contributed by atoms with Crippen LogP contribution in [0.25, 0.3) is 22.6 Å². The fourth-order valence-corrected chi connectivity index (χ4v) is 4.72. The van der Waals surface area contributed by atoms with Crippen molar-refractivity contribution in [1.29, 1.82) is 0 Å². The summed E-state index contributed by atoms with van der Waals surface area (Å²) in [6.45, 7) is 8.99. The van der Waals surface area contributed by atoms with Crippen LogP contribution in [0.15, 0.2) is 72.4 Å². The van der Waals surface area contributed by atoms with Gasteiger partial charge in [-0.15, -0.1) is 0 Å². The van der Waals surface area contributed by atoms with Gasteiger partial charge >= 0.3 is 0 Å². The van der Waals surface area contributed by atoms with E-state index in [1.54, 1.807) is 25.8 Å². The molecule has 1 aliphatic heterocycles. The number of benzene rings is 1. The van der Waals surface area contributed by atoms with E-state index in [2.05, 4.69) is 56.1 Å². The van der Waals surface area contributed by atoms with Gasteiger partial charge in [-0.25, -0.2) is 15.0 Å². The van der Waals surface area contributed by atoms with Crippen LogP contribution in [-0.2, 0) is 11.3 Å². The van der Waals surface area contributed by atoms with Crippen molar-refractivity contribution in [3.8, 4) is 17.1 Å². The first kappa shape index (κ1) is 27.3. The van der Waals surface area contributed by atoms with Crippen molar-refractivity contribution in [3.05, 3.63) is 78.5 Å². The van der Waals surface area contributed by atoms with E-state index in [1.807, 2.05) is 47.1 Å². The predicted molar refractivity (Wildman–Crippen MR) is 159 cm³/mol. The van der Waals surface area contributed by atoms with Crippen molar-refractivity contribution >= 4 is 23.3 Å². The molecule has 10 nitrogen and oxygen atoms in total. The molecule has 10 heteroatoms. The van der Waals surface area contributed by atoms with Crippen LogP contribution in [0.3, 0.4) is 0 Å². The molecule has 1 fully saturated rings. The van der Waals surface area contributed by atoms with Crippen molar-refractivity contribution in [1.82, 2.24) is 24.3 Å². The number of imidazole rings is 1. The third-order valence-corrected chi connectivity index (χ3v) is 7.08. The highest BCUT2D eigenvalue weighted by molar-refractivity contribution is 6.09. The molecule has 1 aromatic carbocycles. The zero-order valence-corrected chi connectivity index (χ0v) is 23.2. The van der Waals surface area contributed by atoms with Crippen LogP contribution in [0, 0.1) is 0 Å². The number of nitrogens with two attached hydrogens (primary N) is 1. The van der Waals surface area contributed by atoms with Crippen LogP contribution in [-0.4, -0.2) is 76.0 Å². The van der Waals surface area contributed by atoms with Crippen molar-refractivity contribution in [2.24, 2.45) is 10.7 Å². The Morgan fingerprint density at radius 3 is 2.67 bits per heavy atom. The zero-order chi connectivity index (χ0) is 28.0. The maximum atomic E-state index is 6.19. The van der Waals surface area contributed by atoms with Gasteiger partial charge in [0.25, 0.3) is 0 Å². The Morgan fingerprint density at radius 2 is 1.93 bits per heavy atom. The molecule has 4 aromatic rings. The lowest BCUT2D eigenvalue weighted by Gasteiger charge is -2.40. The molecule has 5 rings (SSSR count). The molecule has 0 amide bonds. The molecule has 0 aliphatic carbocycles. The minimum Gasteiger partial charge on any atom is -0.491 e. The molecule has 40 heavy (non-hydrogen) atoms. The summed E-state index contributed by atoms with van der Waals surface area (Å²) in [5.74, 6) is 1.52. The van der Waals surface area contributed by atoms with Crippen molar-refractivity contribution < 1.29 is 9.47 Å². The Balaban J connectivity index is 1.24. The van der Waals surface area contributed by atoms with E-state index < -0.39 is 0 Å². The normalized spacial score (nSPS) is 15.1. The number of aliphatic imine (C=N–C) groups is 1. The van der Waals surface area contributed by atoms with Gasteiger partial charge in [-0.3, -0.25) is 14.3 Å². The fourth-order valence-electron chi connectivity index (χ4n) is 4.72. The van der Waals surface area contributed by atoms with Crippen molar-refractivity contribution in [2.45, 2.75) is 25.9 Å². The molecule has 0 bridgehead atoms. The lowest BCUT2D eigenvalue weighted by atomic mass is 10.0. The summed E-state index contributed by atoms with van der Waals surface area (Å²) in [4.78, 5) is 20.0. The smallest absolute Gasteiger partial charge is 0.140 e. The first-order chi connectivity index (χ1) is 19.5. The minimum absolute atomic E-state index is 0.0861. The van der Waals surface area contributed by atoms with E-state index in [1.165, 1.54) is 0 Å². The van der Waals surface area contributed by atoms with Gasteiger partial charge in [0.05, 0.1) is 30.8 Å². The van der Waals surface area contributed by atoms with Gasteiger partial charge in [-0.2, -0.15) is 0 Å². The number of allylic oxidation sites excluding steroid dienone is 1. The molecule has 208 valence electrons. The minimum atomic E-state index is -0.0861. The van der Waals surface area contributed by atoms with Gasteiger partial charge in [-0.1, -0.05) is 24.3 Å². The maximum absolute atomic E-state index is 6.19. The average Bonchev–Trinajstić information content (AvgIpc) is 3.42. The number of hydrogen-bond acceptors (Lipinski definition) is 9. The summed E-state index contributed by atoms with van der Waals surface area (Å²) in [6, 6.07) is 14.0. The molecule has 1 saturated heterocycles. The first-order valence-electron chi connectivity index (χ1n) is 13.4. The number of pyridine rings is 1. The lowest BCUT2D eigenvalue weighted by molar-refractivity contribution is -0.0250. The summed E-state index contributed by atoms with van der Waals surface area (Å²) in [5, 5.41) is 3.39. The van der Waals surface area contributed by atoms with Gasteiger partial charge in [0, 0.05) is 68.5 Å². The highest BCUT2D eigenvalue weighted by Gasteiger charge is 2.29. The van der Waals surface area contributed by atoms with E-state index in [0.29, 0.717) is 13.2 Å². The van der Waals surface area contributed by atoms with Gasteiger partial charge in [0.2, 0.25) is 0 Å². The molecule has 1 aliphatic rings. The Kier molecular flexibility index (Phi) is 8.37. The number of hydrogen-bond donors (Lipinski definition) is 2. The number of ether oxygens (including phenoxy) is 2. The summed E-state index contributed by atoms with van der Waals surface area (Å²) in [5.41, 5.74) is 11.1. The lowest BCUT2D eigenvalue weighted by Crippen LogP contribution is -2.53. The maximum Gasteiger partial charge on any atom is 0.140 e. The largest absolute Gasteiger partial charge is 0.491 e. The van der Waals surface area contributed by atoms with Crippen LogP contribution in [0.2, 0.25) is 0 Å². The molecule has 0 unspecified atom stereocenters. The molecular weight excluding hydrogens is 504 g/mol. The van der Waals surface area contributed by atoms with Crippen LogP contribution in [0.5, 0.6) is 5.75 Å². The standard InChI is InChI=1S/C30H36N8O2/c1-30(2,37-10-12-39-13-11-37)20-40-25-8-9-38-27(19-34-29(38)14-25)26-15-28(36-21-35-26)33-17-22-4-6-23(7-5-22)24(16-31)18-32-3/h4-9,14-16,18-19,21H,10-13,17,20,31H2,1-3H3,(H,33,35,36)/b24-16+,32-18?. The molecule has 0 spiro atoms. The Bertz CT molecular complexity index is 1490. The Labute approximate surface area is 234 Å². The number of aromatic nitrogens is 4. The van der Waals surface area contributed by atoms with E-state index in [9.17, 15) is 0 Å². The summed E-state index contributed by atoms with van der Waals surface area (Å²) in [7, 11) is 1.73. The molecule has 3 aromatic heterocycles. The summed E-state index contributed by atoms with van der Waals surface area (Å²) >= 11 is 0. The number of morpholine rings is 1. The van der Waals surface area contributed by atoms with Crippen LogP contribution >= 0.6 is 0 Å². The number of anilines is 1. The Hall–Kier alpha value is -4.28. The monoisotopic (exact) mass is 540 g/mol. The topological polar surface area (TPSA) is 115 Å². The second-order valence-corrected chi connectivity index (χ2v) is 10.3. The molecule has 0 saturated carbocycles. The molecule has 0 atom stereocenters. The quantitative estimate of drug-likeness (QED) is 0.291. The second-order valence-electron chi connectivity index (χ2n) is 10.3. The van der Waals surface area contributed by atoms with E-state index >= 15 is 0 Å². The number of nitrogens with one attached hydrogen (secondary N) is 1. The number of nitrogens with zero attached hydrogens (tertiary/aromatic N) is 6. The average molecular weight is 541 g/mol. The molecular formula is C30H36N8O2. The first-order valence-corrected chi connectivity index (χ1v) is 13.4. The van der Waals surface area contributed by atoms with Gasteiger partial charge in [0.1, 0.15) is 30.1 Å². The molecule has 0 radical (unpaired) electrons. The second kappa shape index (κ2) is 12.3. The summed E-state index contributed by atoms with van der Waals surface area (Å²) < 4.78 is 13.7. The van der Waals surface area contributed by atoms with Crippen LogP contribution < -0.4 is 15.8 Å². The highest BCUT2D eigenvalue weighted by atomic mass is 16.5.